The summed E-state index contributed by atoms with van der Waals surface area (Å²) < 4.78 is 18.4. The molecule has 0 aliphatic heterocycles. The molecule has 0 rings (SSSR count). The Morgan fingerprint density at radius 3 is 1.09 bits per heavy atom. The molecule has 0 spiro atoms. The Morgan fingerprint density at radius 1 is 0.431 bits per heavy atom. The van der Waals surface area contributed by atoms with Gasteiger partial charge in [-0.05, 0) is 98.3 Å². The van der Waals surface area contributed by atoms with Gasteiger partial charge < -0.3 is 14.2 Å². The van der Waals surface area contributed by atoms with Gasteiger partial charge in [0.25, 0.3) is 0 Å². The summed E-state index contributed by atoms with van der Waals surface area (Å²) in [6, 6.07) is 0. The maximum absolute atomic E-state index is 13.9. The van der Waals surface area contributed by atoms with Crippen molar-refractivity contribution in [3.05, 3.63) is 0 Å². The lowest BCUT2D eigenvalue weighted by Crippen LogP contribution is -2.36. The molecule has 0 heterocycles. The zero-order chi connectivity index (χ0) is 43.4. The molecule has 0 saturated carbocycles. The quantitative estimate of drug-likeness (QED) is 0.0454. The number of ether oxygens (including phenoxy) is 3. The van der Waals surface area contributed by atoms with Crippen LogP contribution in [0, 0.1) is 10.8 Å². The zero-order valence-corrected chi connectivity index (χ0v) is 41.9. The van der Waals surface area contributed by atoms with Crippen molar-refractivity contribution in [1.29, 1.82) is 0 Å². The molecule has 0 bridgehead atoms. The molecular weight excluding hydrogens is 713 g/mol. The monoisotopic (exact) mass is 821 g/mol. The van der Waals surface area contributed by atoms with E-state index in [1.807, 2.05) is 0 Å². The Hall–Kier alpha value is -0.610. The summed E-state index contributed by atoms with van der Waals surface area (Å²) in [7, 11) is 1.77. The highest BCUT2D eigenvalue weighted by Gasteiger charge is 2.38. The van der Waals surface area contributed by atoms with Crippen LogP contribution < -0.4 is 0 Å². The van der Waals surface area contributed by atoms with E-state index >= 15 is 0 Å². The van der Waals surface area contributed by atoms with E-state index in [0.717, 1.165) is 38.5 Å². The summed E-state index contributed by atoms with van der Waals surface area (Å²) in [5.41, 5.74) is -0.889. The molecular formula is C54H108O4. The minimum Gasteiger partial charge on any atom is -0.462 e. The van der Waals surface area contributed by atoms with Crippen molar-refractivity contribution in [3.8, 4) is 0 Å². The minimum atomic E-state index is -0.515. The summed E-state index contributed by atoms with van der Waals surface area (Å²) in [6.45, 7) is 22.8. The molecule has 0 aromatic carbocycles. The van der Waals surface area contributed by atoms with Crippen molar-refractivity contribution in [2.24, 2.45) is 10.8 Å². The average molecular weight is 821 g/mol. The largest absolute Gasteiger partial charge is 0.462 e. The van der Waals surface area contributed by atoms with Gasteiger partial charge in [-0.2, -0.15) is 0 Å². The van der Waals surface area contributed by atoms with Gasteiger partial charge in [-0.1, -0.05) is 207 Å². The van der Waals surface area contributed by atoms with Gasteiger partial charge in [-0.15, -0.1) is 0 Å². The lowest BCUT2D eigenvalue weighted by Gasteiger charge is -2.37. The number of carbonyl (C=O) groups is 1. The number of rotatable bonds is 44. The number of methoxy groups -OCH3 is 1. The SMILES string of the molecule is CCCCCCCCCCCCCCCCCC(CCCCCCCCCCCCCCCCC)OC(=O)C(C)(C)CC(C)(C)CCC(C)(C)OCCC(C)(C)OC. The van der Waals surface area contributed by atoms with Crippen LogP contribution in [0.3, 0.4) is 0 Å². The predicted molar refractivity (Wildman–Crippen MR) is 256 cm³/mol. The maximum Gasteiger partial charge on any atom is 0.311 e. The van der Waals surface area contributed by atoms with Crippen LogP contribution >= 0.6 is 0 Å². The van der Waals surface area contributed by atoms with Crippen molar-refractivity contribution in [2.45, 2.75) is 318 Å². The van der Waals surface area contributed by atoms with Crippen molar-refractivity contribution in [3.63, 3.8) is 0 Å². The molecule has 0 amide bonds. The Labute approximate surface area is 366 Å². The maximum atomic E-state index is 13.9. The topological polar surface area (TPSA) is 44.8 Å². The first kappa shape index (κ1) is 57.4. The van der Waals surface area contributed by atoms with E-state index in [4.69, 9.17) is 14.2 Å². The van der Waals surface area contributed by atoms with Crippen LogP contribution in [-0.2, 0) is 19.0 Å². The fraction of sp³-hybridized carbons (Fsp3) is 0.981. The number of hydrogen-bond donors (Lipinski definition) is 0. The van der Waals surface area contributed by atoms with Gasteiger partial charge in [0.1, 0.15) is 6.10 Å². The number of unbranched alkanes of at least 4 members (excludes halogenated alkanes) is 28. The highest BCUT2D eigenvalue weighted by atomic mass is 16.5. The summed E-state index contributed by atoms with van der Waals surface area (Å²) in [6.07, 6.45) is 47.1. The van der Waals surface area contributed by atoms with Crippen molar-refractivity contribution >= 4 is 5.97 Å². The molecule has 0 aromatic rings. The van der Waals surface area contributed by atoms with Gasteiger partial charge in [0.05, 0.1) is 23.2 Å². The van der Waals surface area contributed by atoms with Crippen molar-refractivity contribution in [2.75, 3.05) is 13.7 Å². The van der Waals surface area contributed by atoms with Crippen LogP contribution in [0.2, 0.25) is 0 Å². The van der Waals surface area contributed by atoms with E-state index in [0.29, 0.717) is 6.61 Å². The molecule has 4 nitrogen and oxygen atoms in total. The Bertz CT molecular complexity index is 871. The molecule has 0 aromatic heterocycles. The standard InChI is InChI=1S/C54H108O4/c1-12-14-16-18-20-22-24-26-28-30-32-34-36-38-40-42-49(43-41-39-37-35-33-31-29-27-25-23-21-19-17-15-13-2)58-50(55)52(5,6)48-51(3,4)44-45-54(9,10)57-47-46-53(7,8)56-11/h49H,12-48H2,1-11H3. The summed E-state index contributed by atoms with van der Waals surface area (Å²) in [4.78, 5) is 13.9. The second kappa shape index (κ2) is 35.9. The first-order valence-corrected chi connectivity index (χ1v) is 26.0. The molecule has 58 heavy (non-hydrogen) atoms. The van der Waals surface area contributed by atoms with Gasteiger partial charge in [-0.3, -0.25) is 4.79 Å². The molecule has 0 radical (unpaired) electrons. The van der Waals surface area contributed by atoms with Crippen LogP contribution in [0.1, 0.15) is 300 Å². The Kier molecular flexibility index (Phi) is 35.6. The molecule has 0 N–H and O–H groups in total. The first-order chi connectivity index (χ1) is 27.6. The average Bonchev–Trinajstić information content (AvgIpc) is 3.16. The third-order valence-electron chi connectivity index (χ3n) is 13.2. The third-order valence-corrected chi connectivity index (χ3v) is 13.2. The smallest absolute Gasteiger partial charge is 0.311 e. The molecule has 4 heteroatoms. The lowest BCUT2D eigenvalue weighted by atomic mass is 9.71. The Balaban J connectivity index is 4.75. The molecule has 0 atom stereocenters. The fourth-order valence-corrected chi connectivity index (χ4v) is 8.80. The van der Waals surface area contributed by atoms with Crippen LogP contribution in [0.15, 0.2) is 0 Å². The van der Waals surface area contributed by atoms with Gasteiger partial charge in [0, 0.05) is 7.11 Å². The van der Waals surface area contributed by atoms with Crippen LogP contribution in [0.25, 0.3) is 0 Å². The minimum absolute atomic E-state index is 0.00445. The van der Waals surface area contributed by atoms with Crippen molar-refractivity contribution in [1.82, 2.24) is 0 Å². The second-order valence-electron chi connectivity index (χ2n) is 21.6. The summed E-state index contributed by atoms with van der Waals surface area (Å²) in [5.74, 6) is 0.00445. The van der Waals surface area contributed by atoms with Crippen LogP contribution in [0.5, 0.6) is 0 Å². The first-order valence-electron chi connectivity index (χ1n) is 26.0. The number of hydrogen-bond acceptors (Lipinski definition) is 4. The highest BCUT2D eigenvalue weighted by molar-refractivity contribution is 5.76. The highest BCUT2D eigenvalue weighted by Crippen LogP contribution is 2.40. The number of carbonyl (C=O) groups excluding carboxylic acids is 1. The van der Waals surface area contributed by atoms with Crippen LogP contribution in [-0.4, -0.2) is 37.0 Å². The van der Waals surface area contributed by atoms with E-state index in [-0.39, 0.29) is 28.7 Å². The predicted octanol–water partition coefficient (Wildman–Crippen LogP) is 18.3. The van der Waals surface area contributed by atoms with E-state index in [2.05, 4.69) is 69.2 Å². The van der Waals surface area contributed by atoms with Gasteiger partial charge >= 0.3 is 5.97 Å². The van der Waals surface area contributed by atoms with E-state index < -0.39 is 5.41 Å². The van der Waals surface area contributed by atoms with E-state index in [1.54, 1.807) is 7.11 Å². The molecule has 0 aliphatic carbocycles. The lowest BCUT2D eigenvalue weighted by molar-refractivity contribution is -0.162. The summed E-state index contributed by atoms with van der Waals surface area (Å²) in [5, 5.41) is 0. The van der Waals surface area contributed by atoms with E-state index in [9.17, 15) is 4.79 Å². The molecule has 0 saturated heterocycles. The second-order valence-corrected chi connectivity index (χ2v) is 21.6. The molecule has 0 fully saturated rings. The molecule has 348 valence electrons. The summed E-state index contributed by atoms with van der Waals surface area (Å²) >= 11 is 0. The third kappa shape index (κ3) is 36.1. The van der Waals surface area contributed by atoms with Crippen LogP contribution in [0.4, 0.5) is 0 Å². The van der Waals surface area contributed by atoms with Gasteiger partial charge in [0.15, 0.2) is 0 Å². The zero-order valence-electron chi connectivity index (χ0n) is 41.9. The fourth-order valence-electron chi connectivity index (χ4n) is 8.80. The normalized spacial score (nSPS) is 12.9. The van der Waals surface area contributed by atoms with Crippen molar-refractivity contribution < 1.29 is 19.0 Å². The molecule has 0 aliphatic rings. The van der Waals surface area contributed by atoms with E-state index in [1.165, 1.54) is 193 Å². The van der Waals surface area contributed by atoms with Gasteiger partial charge in [-0.25, -0.2) is 0 Å². The molecule has 0 unspecified atom stereocenters. The number of esters is 1. The Morgan fingerprint density at radius 2 is 0.759 bits per heavy atom. The van der Waals surface area contributed by atoms with Gasteiger partial charge in [0.2, 0.25) is 0 Å².